The number of carboxylic acids is 1. The van der Waals surface area contributed by atoms with Gasteiger partial charge in [0.15, 0.2) is 0 Å². The molecule has 0 bridgehead atoms. The SMILES string of the molecule is COc1ccc(C[C@](N=C=O)(C(=O)O)N2CCOCC2)cc1. The van der Waals surface area contributed by atoms with E-state index in [1.165, 1.54) is 6.08 Å². The monoisotopic (exact) mass is 306 g/mol. The predicted octanol–water partition coefficient (Wildman–Crippen LogP) is 0.687. The zero-order valence-electron chi connectivity index (χ0n) is 12.3. The van der Waals surface area contributed by atoms with Crippen LogP contribution in [0, 0.1) is 0 Å². The summed E-state index contributed by atoms with van der Waals surface area (Å²) in [6.07, 6.45) is 1.49. The fourth-order valence-electron chi connectivity index (χ4n) is 2.52. The van der Waals surface area contributed by atoms with Crippen LogP contribution in [0.2, 0.25) is 0 Å². The molecular weight excluding hydrogens is 288 g/mol. The summed E-state index contributed by atoms with van der Waals surface area (Å²) in [6, 6.07) is 7.01. The Morgan fingerprint density at radius 2 is 2.05 bits per heavy atom. The molecule has 1 atom stereocenters. The summed E-state index contributed by atoms with van der Waals surface area (Å²) in [5.41, 5.74) is -0.909. The summed E-state index contributed by atoms with van der Waals surface area (Å²) >= 11 is 0. The van der Waals surface area contributed by atoms with Crippen LogP contribution in [-0.4, -0.2) is 61.1 Å². The minimum absolute atomic E-state index is 0.0710. The fraction of sp³-hybridized carbons (Fsp3) is 0.467. The van der Waals surface area contributed by atoms with Crippen molar-refractivity contribution in [3.8, 4) is 5.75 Å². The van der Waals surface area contributed by atoms with E-state index >= 15 is 0 Å². The van der Waals surface area contributed by atoms with Gasteiger partial charge in [-0.2, -0.15) is 4.99 Å². The van der Waals surface area contributed by atoms with E-state index in [-0.39, 0.29) is 6.42 Å². The number of carbonyl (C=O) groups excluding carboxylic acids is 1. The van der Waals surface area contributed by atoms with Gasteiger partial charge in [-0.3, -0.25) is 4.90 Å². The van der Waals surface area contributed by atoms with Crippen molar-refractivity contribution in [2.45, 2.75) is 12.1 Å². The molecule has 0 spiro atoms. The summed E-state index contributed by atoms with van der Waals surface area (Å²) in [5.74, 6) is -0.497. The highest BCUT2D eigenvalue weighted by Crippen LogP contribution is 2.25. The third-order valence-electron chi connectivity index (χ3n) is 3.72. The lowest BCUT2D eigenvalue weighted by molar-refractivity contribution is -0.154. The zero-order chi connectivity index (χ0) is 16.0. The number of rotatable bonds is 6. The van der Waals surface area contributed by atoms with E-state index in [0.29, 0.717) is 32.1 Å². The Kier molecular flexibility index (Phi) is 5.27. The lowest BCUT2D eigenvalue weighted by Crippen LogP contribution is -2.58. The second kappa shape index (κ2) is 7.17. The number of nitrogens with zero attached hydrogens (tertiary/aromatic N) is 2. The molecule has 1 aromatic rings. The lowest BCUT2D eigenvalue weighted by atomic mass is 9.97. The number of carbonyl (C=O) groups is 1. The first-order valence-corrected chi connectivity index (χ1v) is 6.90. The smallest absolute Gasteiger partial charge is 0.348 e. The molecule has 1 fully saturated rings. The number of morpholine rings is 1. The zero-order valence-corrected chi connectivity index (χ0v) is 12.3. The summed E-state index contributed by atoms with van der Waals surface area (Å²) in [6.45, 7) is 1.61. The Balaban J connectivity index is 2.33. The fourth-order valence-corrected chi connectivity index (χ4v) is 2.52. The Bertz CT molecular complexity index is 558. The third-order valence-corrected chi connectivity index (χ3v) is 3.72. The molecule has 1 aliphatic heterocycles. The van der Waals surface area contributed by atoms with Crippen molar-refractivity contribution in [3.63, 3.8) is 0 Å². The average molecular weight is 306 g/mol. The highest BCUT2D eigenvalue weighted by Gasteiger charge is 2.45. The molecule has 1 saturated heterocycles. The van der Waals surface area contributed by atoms with Gasteiger partial charge in [-0.1, -0.05) is 12.1 Å². The molecule has 7 nitrogen and oxygen atoms in total. The number of aliphatic carboxylic acids is 1. The largest absolute Gasteiger partial charge is 0.497 e. The van der Waals surface area contributed by atoms with Gasteiger partial charge in [-0.05, 0) is 17.7 Å². The number of hydrogen-bond donors (Lipinski definition) is 1. The van der Waals surface area contributed by atoms with Crippen LogP contribution >= 0.6 is 0 Å². The maximum absolute atomic E-state index is 11.9. The van der Waals surface area contributed by atoms with Crippen molar-refractivity contribution in [1.82, 2.24) is 4.90 Å². The molecule has 1 aliphatic rings. The highest BCUT2D eigenvalue weighted by atomic mass is 16.5. The molecule has 0 aliphatic carbocycles. The summed E-state index contributed by atoms with van der Waals surface area (Å²) in [4.78, 5) is 28.0. The normalized spacial score (nSPS) is 18.0. The number of ether oxygens (including phenoxy) is 2. The van der Waals surface area contributed by atoms with E-state index in [2.05, 4.69) is 4.99 Å². The van der Waals surface area contributed by atoms with Gasteiger partial charge in [-0.15, -0.1) is 0 Å². The maximum Gasteiger partial charge on any atom is 0.348 e. The first-order chi connectivity index (χ1) is 10.6. The number of hydrogen-bond acceptors (Lipinski definition) is 6. The summed E-state index contributed by atoms with van der Waals surface area (Å²) < 4.78 is 10.3. The highest BCUT2D eigenvalue weighted by molar-refractivity contribution is 5.80. The number of aliphatic imine (C=N–C) groups is 1. The number of methoxy groups -OCH3 is 1. The van der Waals surface area contributed by atoms with E-state index in [1.54, 1.807) is 36.3 Å². The molecule has 118 valence electrons. The van der Waals surface area contributed by atoms with Gasteiger partial charge in [0.05, 0.1) is 20.3 Å². The second-order valence-electron chi connectivity index (χ2n) is 4.95. The van der Waals surface area contributed by atoms with Crippen LogP contribution in [0.25, 0.3) is 0 Å². The first kappa shape index (κ1) is 16.2. The molecule has 22 heavy (non-hydrogen) atoms. The van der Waals surface area contributed by atoms with Crippen molar-refractivity contribution in [3.05, 3.63) is 29.8 Å². The van der Waals surface area contributed by atoms with E-state index in [1.807, 2.05) is 0 Å². The van der Waals surface area contributed by atoms with E-state index < -0.39 is 11.6 Å². The topological polar surface area (TPSA) is 88.4 Å². The molecule has 1 aromatic carbocycles. The molecule has 1 N–H and O–H groups in total. The standard InChI is InChI=1S/C15H18N2O5/c1-21-13-4-2-12(3-5-13)10-15(14(19)20,16-11-18)17-6-8-22-9-7-17/h2-5H,6-10H2,1H3,(H,19,20)/t15-/m1/s1. The molecule has 0 radical (unpaired) electrons. The van der Waals surface area contributed by atoms with Gasteiger partial charge in [0.2, 0.25) is 11.7 Å². The van der Waals surface area contributed by atoms with Gasteiger partial charge in [0, 0.05) is 19.5 Å². The van der Waals surface area contributed by atoms with E-state index in [0.717, 1.165) is 5.56 Å². The van der Waals surface area contributed by atoms with E-state index in [4.69, 9.17) is 9.47 Å². The maximum atomic E-state index is 11.9. The minimum Gasteiger partial charge on any atom is -0.497 e. The van der Waals surface area contributed by atoms with Crippen molar-refractivity contribution < 1.29 is 24.2 Å². The van der Waals surface area contributed by atoms with Crippen LogP contribution in [0.1, 0.15) is 5.56 Å². The van der Waals surface area contributed by atoms with Gasteiger partial charge in [0.1, 0.15) is 5.75 Å². The van der Waals surface area contributed by atoms with Crippen molar-refractivity contribution >= 4 is 12.0 Å². The van der Waals surface area contributed by atoms with Crippen molar-refractivity contribution in [2.75, 3.05) is 33.4 Å². The van der Waals surface area contributed by atoms with Gasteiger partial charge in [0.25, 0.3) is 0 Å². The first-order valence-electron chi connectivity index (χ1n) is 6.90. The van der Waals surface area contributed by atoms with Crippen LogP contribution in [-0.2, 0) is 20.7 Å². The Hall–Kier alpha value is -2.21. The molecule has 0 unspecified atom stereocenters. The Labute approximate surface area is 128 Å². The molecule has 0 saturated carbocycles. The number of benzene rings is 1. The Morgan fingerprint density at radius 1 is 1.41 bits per heavy atom. The minimum atomic E-state index is -1.65. The number of carboxylic acid groups (broad SMARTS) is 1. The average Bonchev–Trinajstić information content (AvgIpc) is 2.55. The quantitative estimate of drug-likeness (QED) is 0.614. The molecule has 7 heteroatoms. The molecular formula is C15H18N2O5. The van der Waals surface area contributed by atoms with Crippen molar-refractivity contribution in [1.29, 1.82) is 0 Å². The van der Waals surface area contributed by atoms with Gasteiger partial charge in [-0.25, -0.2) is 9.59 Å². The summed E-state index contributed by atoms with van der Waals surface area (Å²) in [7, 11) is 1.56. The predicted molar refractivity (Wildman–Crippen MR) is 77.6 cm³/mol. The lowest BCUT2D eigenvalue weighted by Gasteiger charge is -2.38. The molecule has 0 aromatic heterocycles. The van der Waals surface area contributed by atoms with Crippen LogP contribution in [0.4, 0.5) is 0 Å². The van der Waals surface area contributed by atoms with Crippen LogP contribution < -0.4 is 4.74 Å². The molecule has 0 amide bonds. The summed E-state index contributed by atoms with van der Waals surface area (Å²) in [5, 5.41) is 9.69. The number of isocyanates is 1. The molecule has 2 rings (SSSR count). The van der Waals surface area contributed by atoms with Gasteiger partial charge < -0.3 is 14.6 Å². The van der Waals surface area contributed by atoms with Crippen LogP contribution in [0.5, 0.6) is 5.75 Å². The van der Waals surface area contributed by atoms with Gasteiger partial charge >= 0.3 is 5.97 Å². The van der Waals surface area contributed by atoms with Crippen molar-refractivity contribution in [2.24, 2.45) is 4.99 Å². The third kappa shape index (κ3) is 3.33. The van der Waals surface area contributed by atoms with Crippen LogP contribution in [0.15, 0.2) is 29.3 Å². The van der Waals surface area contributed by atoms with Crippen LogP contribution in [0.3, 0.4) is 0 Å². The Morgan fingerprint density at radius 3 is 2.55 bits per heavy atom. The van der Waals surface area contributed by atoms with E-state index in [9.17, 15) is 14.7 Å². The second-order valence-corrected chi connectivity index (χ2v) is 4.95. The molecule has 1 heterocycles.